The smallest absolute Gasteiger partial charge is 0.161 e. The molecule has 0 saturated heterocycles. The average molecular weight is 160 g/mol. The summed E-state index contributed by atoms with van der Waals surface area (Å²) < 4.78 is 10.6. The van der Waals surface area contributed by atoms with Crippen LogP contribution >= 0.6 is 8.46 Å². The van der Waals surface area contributed by atoms with Gasteiger partial charge in [-0.3, -0.25) is 4.57 Å². The van der Waals surface area contributed by atoms with Gasteiger partial charge >= 0.3 is 0 Å². The monoisotopic (exact) mass is 160 g/mol. The van der Waals surface area contributed by atoms with Crippen LogP contribution in [0.25, 0.3) is 0 Å². The SMILES string of the molecule is CCCC(C)C(C)(C)P=O. The Labute approximate surface area is 65.4 Å². The lowest BCUT2D eigenvalue weighted by atomic mass is 9.93. The first-order chi connectivity index (χ1) is 4.54. The lowest BCUT2D eigenvalue weighted by Crippen LogP contribution is -2.21. The molecular formula is C8H17OP. The van der Waals surface area contributed by atoms with Crippen molar-refractivity contribution in [3.63, 3.8) is 0 Å². The van der Waals surface area contributed by atoms with Gasteiger partial charge in [0.05, 0.1) is 0 Å². The maximum atomic E-state index is 10.6. The van der Waals surface area contributed by atoms with E-state index in [1.807, 2.05) is 13.8 Å². The van der Waals surface area contributed by atoms with Crippen LogP contribution in [0, 0.1) is 5.92 Å². The molecule has 0 fully saturated rings. The number of hydrogen-bond donors (Lipinski definition) is 0. The molecule has 0 rings (SSSR count). The van der Waals surface area contributed by atoms with E-state index in [1.54, 1.807) is 0 Å². The zero-order valence-corrected chi connectivity index (χ0v) is 8.24. The van der Waals surface area contributed by atoms with Crippen molar-refractivity contribution in [2.45, 2.75) is 45.7 Å². The minimum Gasteiger partial charge on any atom is -0.274 e. The largest absolute Gasteiger partial charge is 0.274 e. The second-order valence-corrected chi connectivity index (χ2v) is 4.77. The fraction of sp³-hybridized carbons (Fsp3) is 1.00. The van der Waals surface area contributed by atoms with Crippen molar-refractivity contribution in [2.24, 2.45) is 5.92 Å². The molecule has 0 aromatic carbocycles. The molecule has 0 bridgehead atoms. The Morgan fingerprint density at radius 2 is 2.00 bits per heavy atom. The van der Waals surface area contributed by atoms with Gasteiger partial charge in [0.25, 0.3) is 0 Å². The van der Waals surface area contributed by atoms with E-state index in [0.717, 1.165) is 0 Å². The van der Waals surface area contributed by atoms with Crippen LogP contribution in [0.5, 0.6) is 0 Å². The van der Waals surface area contributed by atoms with E-state index >= 15 is 0 Å². The van der Waals surface area contributed by atoms with Crippen molar-refractivity contribution < 1.29 is 4.57 Å². The Morgan fingerprint density at radius 1 is 1.50 bits per heavy atom. The van der Waals surface area contributed by atoms with E-state index in [4.69, 9.17) is 0 Å². The first-order valence-corrected chi connectivity index (χ1v) is 4.70. The van der Waals surface area contributed by atoms with Crippen molar-refractivity contribution >= 4 is 8.46 Å². The number of rotatable bonds is 4. The minimum atomic E-state index is -0.0317. The molecule has 1 nitrogen and oxygen atoms in total. The second-order valence-electron chi connectivity index (χ2n) is 3.43. The van der Waals surface area contributed by atoms with Crippen molar-refractivity contribution in [3.8, 4) is 0 Å². The number of hydrogen-bond acceptors (Lipinski definition) is 1. The third-order valence-corrected chi connectivity index (χ3v) is 3.07. The fourth-order valence-corrected chi connectivity index (χ4v) is 1.19. The Kier molecular flexibility index (Phi) is 4.12. The molecule has 0 amide bonds. The lowest BCUT2D eigenvalue weighted by Gasteiger charge is -2.23. The van der Waals surface area contributed by atoms with Crippen LogP contribution in [-0.2, 0) is 4.57 Å². The van der Waals surface area contributed by atoms with Gasteiger partial charge in [-0.1, -0.05) is 20.3 Å². The van der Waals surface area contributed by atoms with Crippen molar-refractivity contribution in [1.29, 1.82) is 0 Å². The molecule has 1 atom stereocenters. The molecule has 0 N–H and O–H groups in total. The molecule has 0 aliphatic carbocycles. The summed E-state index contributed by atoms with van der Waals surface area (Å²) in [6.45, 7) is 8.41. The Balaban J connectivity index is 3.90. The van der Waals surface area contributed by atoms with E-state index < -0.39 is 0 Å². The first-order valence-electron chi connectivity index (χ1n) is 3.89. The van der Waals surface area contributed by atoms with Gasteiger partial charge in [0.1, 0.15) is 0 Å². The van der Waals surface area contributed by atoms with Gasteiger partial charge in [-0.15, -0.1) is 0 Å². The van der Waals surface area contributed by atoms with Gasteiger partial charge in [0.2, 0.25) is 0 Å². The molecule has 0 aromatic heterocycles. The van der Waals surface area contributed by atoms with E-state index in [1.165, 1.54) is 12.8 Å². The van der Waals surface area contributed by atoms with Gasteiger partial charge in [-0.2, -0.15) is 0 Å². The first kappa shape index (κ1) is 10.1. The summed E-state index contributed by atoms with van der Waals surface area (Å²) in [7, 11) is 0.275. The molecule has 0 aliphatic heterocycles. The van der Waals surface area contributed by atoms with Gasteiger partial charge in [0.15, 0.2) is 8.46 Å². The maximum Gasteiger partial charge on any atom is 0.161 e. The Hall–Kier alpha value is 0.100. The predicted molar refractivity (Wildman–Crippen MR) is 45.8 cm³/mol. The summed E-state index contributed by atoms with van der Waals surface area (Å²) in [5, 5.41) is -0.0317. The average Bonchev–Trinajstić information content (AvgIpc) is 1.89. The third kappa shape index (κ3) is 2.79. The molecule has 2 heteroatoms. The zero-order chi connectivity index (χ0) is 8.20. The van der Waals surface area contributed by atoms with Gasteiger partial charge in [-0.25, -0.2) is 0 Å². The van der Waals surface area contributed by atoms with Crippen LogP contribution in [0.4, 0.5) is 0 Å². The minimum absolute atomic E-state index is 0.0317. The highest BCUT2D eigenvalue weighted by Gasteiger charge is 2.25. The summed E-state index contributed by atoms with van der Waals surface area (Å²) in [4.78, 5) is 0. The zero-order valence-electron chi connectivity index (χ0n) is 7.35. The summed E-state index contributed by atoms with van der Waals surface area (Å²) in [5.41, 5.74) is 0. The van der Waals surface area contributed by atoms with E-state index in [0.29, 0.717) is 5.92 Å². The van der Waals surface area contributed by atoms with Gasteiger partial charge in [-0.05, 0) is 26.2 Å². The van der Waals surface area contributed by atoms with Crippen LogP contribution in [0.1, 0.15) is 40.5 Å². The van der Waals surface area contributed by atoms with Crippen molar-refractivity contribution in [1.82, 2.24) is 0 Å². The van der Waals surface area contributed by atoms with E-state index in [9.17, 15) is 4.57 Å². The van der Waals surface area contributed by atoms with Gasteiger partial charge in [0, 0.05) is 5.16 Å². The molecule has 0 aliphatic rings. The van der Waals surface area contributed by atoms with Gasteiger partial charge < -0.3 is 0 Å². The normalized spacial score (nSPS) is 15.6. The Morgan fingerprint density at radius 3 is 2.30 bits per heavy atom. The highest BCUT2D eigenvalue weighted by Crippen LogP contribution is 2.33. The molecule has 0 saturated carbocycles. The van der Waals surface area contributed by atoms with Crippen LogP contribution in [0.3, 0.4) is 0 Å². The van der Waals surface area contributed by atoms with Crippen molar-refractivity contribution in [3.05, 3.63) is 0 Å². The summed E-state index contributed by atoms with van der Waals surface area (Å²) in [5.74, 6) is 0.552. The molecule has 0 aromatic rings. The molecule has 0 heterocycles. The third-order valence-electron chi connectivity index (χ3n) is 2.16. The molecule has 60 valence electrons. The van der Waals surface area contributed by atoms with Crippen LogP contribution in [0.15, 0.2) is 0 Å². The summed E-state index contributed by atoms with van der Waals surface area (Å²) >= 11 is 0. The standard InChI is InChI=1S/C8H17OP/c1-5-6-7(2)8(3,4)10-9/h7H,5-6H2,1-4H3. The molecule has 0 spiro atoms. The molecular weight excluding hydrogens is 143 g/mol. The van der Waals surface area contributed by atoms with Crippen LogP contribution in [-0.4, -0.2) is 5.16 Å². The van der Waals surface area contributed by atoms with Crippen LogP contribution in [0.2, 0.25) is 0 Å². The predicted octanol–water partition coefficient (Wildman–Crippen LogP) is 3.49. The quantitative estimate of drug-likeness (QED) is 0.575. The molecule has 10 heavy (non-hydrogen) atoms. The summed E-state index contributed by atoms with van der Waals surface area (Å²) in [6, 6.07) is 0. The highest BCUT2D eigenvalue weighted by atomic mass is 31.1. The fourth-order valence-electron chi connectivity index (χ4n) is 0.876. The molecule has 1 unspecified atom stereocenters. The maximum absolute atomic E-state index is 10.6. The topological polar surface area (TPSA) is 17.1 Å². The molecule has 0 radical (unpaired) electrons. The second kappa shape index (κ2) is 4.08. The lowest BCUT2D eigenvalue weighted by molar-refractivity contribution is 0.411. The summed E-state index contributed by atoms with van der Waals surface area (Å²) in [6.07, 6.45) is 2.35. The van der Waals surface area contributed by atoms with E-state index in [-0.39, 0.29) is 13.6 Å². The Bertz CT molecular complexity index is 110. The highest BCUT2D eigenvalue weighted by molar-refractivity contribution is 7.25. The van der Waals surface area contributed by atoms with E-state index in [2.05, 4.69) is 13.8 Å². The van der Waals surface area contributed by atoms with Crippen LogP contribution < -0.4 is 0 Å². The van der Waals surface area contributed by atoms with Crippen molar-refractivity contribution in [2.75, 3.05) is 0 Å².